The highest BCUT2D eigenvalue weighted by Crippen LogP contribution is 2.31. The van der Waals surface area contributed by atoms with Crippen molar-refractivity contribution in [2.45, 2.75) is 44.6 Å². The molecule has 2 saturated heterocycles. The van der Waals surface area contributed by atoms with E-state index < -0.39 is 6.10 Å². The summed E-state index contributed by atoms with van der Waals surface area (Å²) in [5, 5.41) is 13.9. The van der Waals surface area contributed by atoms with Gasteiger partial charge < -0.3 is 15.3 Å². The molecule has 0 aromatic heterocycles. The molecule has 2 heterocycles. The van der Waals surface area contributed by atoms with Gasteiger partial charge >= 0.3 is 0 Å². The minimum absolute atomic E-state index is 0.265. The maximum atomic E-state index is 12.4. The van der Waals surface area contributed by atoms with Crippen LogP contribution >= 0.6 is 0 Å². The molecule has 1 amide bonds. The molecule has 4 nitrogen and oxygen atoms in total. The van der Waals surface area contributed by atoms with Crippen molar-refractivity contribution in [1.29, 1.82) is 0 Å². The van der Waals surface area contributed by atoms with Crippen LogP contribution in [0.5, 0.6) is 0 Å². The van der Waals surface area contributed by atoms with Crippen LogP contribution in [-0.2, 0) is 4.79 Å². The molecule has 132 valence electrons. The maximum Gasteiger partial charge on any atom is 0.222 e. The number of nitrogens with zero attached hydrogens (tertiary/aromatic N) is 1. The van der Waals surface area contributed by atoms with E-state index in [4.69, 9.17) is 0 Å². The lowest BCUT2D eigenvalue weighted by Crippen LogP contribution is -2.40. The molecule has 2 aliphatic rings. The maximum absolute atomic E-state index is 12.4. The molecule has 2 fully saturated rings. The highest BCUT2D eigenvalue weighted by molar-refractivity contribution is 5.76. The molecule has 1 atom stereocenters. The lowest BCUT2D eigenvalue weighted by Gasteiger charge is -2.35. The Kier molecular flexibility index (Phi) is 6.27. The van der Waals surface area contributed by atoms with Crippen molar-refractivity contribution in [3.8, 4) is 0 Å². The molecule has 3 rings (SSSR count). The van der Waals surface area contributed by atoms with Crippen molar-refractivity contribution >= 4 is 5.91 Å². The predicted octanol–water partition coefficient (Wildman–Crippen LogP) is 2.74. The molecule has 4 heteroatoms. The Hall–Kier alpha value is -1.39. The van der Waals surface area contributed by atoms with E-state index in [1.165, 1.54) is 12.8 Å². The number of rotatable bonds is 5. The van der Waals surface area contributed by atoms with Gasteiger partial charge in [0.1, 0.15) is 0 Å². The van der Waals surface area contributed by atoms with Gasteiger partial charge in [-0.2, -0.15) is 0 Å². The third-order valence-corrected chi connectivity index (χ3v) is 5.71. The van der Waals surface area contributed by atoms with Crippen LogP contribution in [0.1, 0.15) is 50.2 Å². The quantitative estimate of drug-likeness (QED) is 0.873. The predicted molar refractivity (Wildman–Crippen MR) is 95.5 cm³/mol. The molecular formula is C20H30N2O2. The van der Waals surface area contributed by atoms with Crippen LogP contribution in [0.15, 0.2) is 30.3 Å². The standard InChI is InChI=1S/C20H30N2O2/c23-19(7-6-16-8-12-21-13-9-16)22-14-10-18(11-15-22)20(24)17-4-2-1-3-5-17/h1-5,16,18,20-21,24H,6-15H2. The van der Waals surface area contributed by atoms with E-state index in [-0.39, 0.29) is 5.92 Å². The third-order valence-electron chi connectivity index (χ3n) is 5.71. The summed E-state index contributed by atoms with van der Waals surface area (Å²) in [5.41, 5.74) is 0.994. The van der Waals surface area contributed by atoms with Crippen LogP contribution < -0.4 is 5.32 Å². The number of carbonyl (C=O) groups excluding carboxylic acids is 1. The Labute approximate surface area is 145 Å². The average Bonchev–Trinajstić information content (AvgIpc) is 2.67. The molecule has 1 aromatic rings. The topological polar surface area (TPSA) is 52.6 Å². The Morgan fingerprint density at radius 3 is 2.46 bits per heavy atom. The van der Waals surface area contributed by atoms with E-state index in [1.807, 2.05) is 35.2 Å². The highest BCUT2D eigenvalue weighted by Gasteiger charge is 2.28. The molecule has 2 aliphatic heterocycles. The first-order chi connectivity index (χ1) is 11.7. The smallest absolute Gasteiger partial charge is 0.222 e. The van der Waals surface area contributed by atoms with Crippen LogP contribution in [0.25, 0.3) is 0 Å². The number of nitrogens with one attached hydrogen (secondary N) is 1. The summed E-state index contributed by atoms with van der Waals surface area (Å²) in [7, 11) is 0. The first-order valence-electron chi connectivity index (χ1n) is 9.45. The number of carbonyl (C=O) groups is 1. The van der Waals surface area contributed by atoms with E-state index in [9.17, 15) is 9.90 Å². The molecule has 0 bridgehead atoms. The highest BCUT2D eigenvalue weighted by atomic mass is 16.3. The second-order valence-corrected chi connectivity index (χ2v) is 7.31. The Balaban J connectivity index is 1.42. The number of hydrogen-bond acceptors (Lipinski definition) is 3. The van der Waals surface area contributed by atoms with E-state index in [1.54, 1.807) is 0 Å². The summed E-state index contributed by atoms with van der Waals surface area (Å²) < 4.78 is 0. The van der Waals surface area contributed by atoms with Gasteiger partial charge in [0.05, 0.1) is 6.10 Å². The van der Waals surface area contributed by atoms with E-state index >= 15 is 0 Å². The van der Waals surface area contributed by atoms with Gasteiger partial charge in [-0.05, 0) is 62.6 Å². The van der Waals surface area contributed by atoms with Gasteiger partial charge in [-0.1, -0.05) is 30.3 Å². The summed E-state index contributed by atoms with van der Waals surface area (Å²) in [4.78, 5) is 14.4. The first-order valence-corrected chi connectivity index (χ1v) is 9.45. The van der Waals surface area contributed by atoms with Crippen molar-refractivity contribution in [3.63, 3.8) is 0 Å². The minimum Gasteiger partial charge on any atom is -0.388 e. The number of likely N-dealkylation sites (tertiary alicyclic amines) is 1. The average molecular weight is 330 g/mol. The zero-order valence-electron chi connectivity index (χ0n) is 14.5. The van der Waals surface area contributed by atoms with Crippen LogP contribution in [0.4, 0.5) is 0 Å². The number of hydrogen-bond donors (Lipinski definition) is 2. The van der Waals surface area contributed by atoms with Gasteiger partial charge in [-0.25, -0.2) is 0 Å². The molecule has 1 unspecified atom stereocenters. The summed E-state index contributed by atoms with van der Waals surface area (Å²) in [6.45, 7) is 3.78. The second-order valence-electron chi connectivity index (χ2n) is 7.31. The van der Waals surface area contributed by atoms with Gasteiger partial charge in [0, 0.05) is 19.5 Å². The second kappa shape index (κ2) is 8.63. The Morgan fingerprint density at radius 2 is 1.79 bits per heavy atom. The molecule has 0 radical (unpaired) electrons. The number of piperidine rings is 2. The fourth-order valence-electron chi connectivity index (χ4n) is 4.04. The molecule has 0 spiro atoms. The van der Waals surface area contributed by atoms with Crippen LogP contribution in [-0.4, -0.2) is 42.1 Å². The lowest BCUT2D eigenvalue weighted by atomic mass is 9.87. The number of benzene rings is 1. The van der Waals surface area contributed by atoms with Gasteiger partial charge in [0.25, 0.3) is 0 Å². The largest absolute Gasteiger partial charge is 0.388 e. The van der Waals surface area contributed by atoms with Crippen LogP contribution in [0, 0.1) is 11.8 Å². The number of amides is 1. The van der Waals surface area contributed by atoms with Crippen molar-refractivity contribution in [2.24, 2.45) is 11.8 Å². The Bertz CT molecular complexity index is 506. The van der Waals surface area contributed by atoms with Crippen molar-refractivity contribution in [3.05, 3.63) is 35.9 Å². The first kappa shape index (κ1) is 17.4. The van der Waals surface area contributed by atoms with Crippen molar-refractivity contribution in [1.82, 2.24) is 10.2 Å². The lowest BCUT2D eigenvalue weighted by molar-refractivity contribution is -0.133. The summed E-state index contributed by atoms with van der Waals surface area (Å²) in [6.07, 6.45) is 5.53. The van der Waals surface area contributed by atoms with Crippen LogP contribution in [0.2, 0.25) is 0 Å². The molecular weight excluding hydrogens is 300 g/mol. The monoisotopic (exact) mass is 330 g/mol. The third kappa shape index (κ3) is 4.58. The molecule has 0 aliphatic carbocycles. The zero-order valence-corrected chi connectivity index (χ0v) is 14.5. The molecule has 24 heavy (non-hydrogen) atoms. The van der Waals surface area contributed by atoms with Gasteiger partial charge in [-0.3, -0.25) is 4.79 Å². The molecule has 1 aromatic carbocycles. The summed E-state index contributed by atoms with van der Waals surface area (Å²) in [5.74, 6) is 1.29. The fraction of sp³-hybridized carbons (Fsp3) is 0.650. The van der Waals surface area contributed by atoms with E-state index in [0.29, 0.717) is 18.2 Å². The summed E-state index contributed by atoms with van der Waals surface area (Å²) in [6, 6.07) is 9.89. The van der Waals surface area contributed by atoms with Gasteiger partial charge in [-0.15, -0.1) is 0 Å². The zero-order chi connectivity index (χ0) is 16.8. The summed E-state index contributed by atoms with van der Waals surface area (Å²) >= 11 is 0. The normalized spacial score (nSPS) is 21.6. The minimum atomic E-state index is -0.404. The van der Waals surface area contributed by atoms with E-state index in [2.05, 4.69) is 5.32 Å². The molecule has 2 N–H and O–H groups in total. The van der Waals surface area contributed by atoms with Crippen molar-refractivity contribution < 1.29 is 9.90 Å². The van der Waals surface area contributed by atoms with Gasteiger partial charge in [0.15, 0.2) is 0 Å². The Morgan fingerprint density at radius 1 is 1.12 bits per heavy atom. The number of aliphatic hydroxyl groups is 1. The van der Waals surface area contributed by atoms with Gasteiger partial charge in [0.2, 0.25) is 5.91 Å². The van der Waals surface area contributed by atoms with Crippen LogP contribution in [0.3, 0.4) is 0 Å². The number of aliphatic hydroxyl groups excluding tert-OH is 1. The SMILES string of the molecule is O=C(CCC1CCNCC1)N1CCC(C(O)c2ccccc2)CC1. The molecule has 0 saturated carbocycles. The van der Waals surface area contributed by atoms with Crippen molar-refractivity contribution in [2.75, 3.05) is 26.2 Å². The fourth-order valence-corrected chi connectivity index (χ4v) is 4.04. The van der Waals surface area contributed by atoms with E-state index in [0.717, 1.165) is 51.0 Å².